The van der Waals surface area contributed by atoms with E-state index in [1.807, 2.05) is 0 Å². The van der Waals surface area contributed by atoms with Crippen molar-refractivity contribution in [3.05, 3.63) is 29.3 Å². The zero-order chi connectivity index (χ0) is 16.5. The lowest BCUT2D eigenvalue weighted by Crippen LogP contribution is -2.54. The molecule has 0 spiro atoms. The second-order valence-corrected chi connectivity index (χ2v) is 5.64. The van der Waals surface area contributed by atoms with Crippen LogP contribution in [-0.4, -0.2) is 34.7 Å². The van der Waals surface area contributed by atoms with Gasteiger partial charge in [-0.05, 0) is 32.0 Å². The Hall–Kier alpha value is -2.77. The minimum Gasteiger partial charge on any atom is -0.485 e. The summed E-state index contributed by atoms with van der Waals surface area (Å²) in [6.07, 6.45) is 0.701. The summed E-state index contributed by atoms with van der Waals surface area (Å²) in [4.78, 5) is 5.02. The van der Waals surface area contributed by atoms with E-state index in [2.05, 4.69) is 11.1 Å². The van der Waals surface area contributed by atoms with Gasteiger partial charge in [0, 0.05) is 12.6 Å². The first-order chi connectivity index (χ1) is 10.3. The van der Waals surface area contributed by atoms with Gasteiger partial charge in [0.1, 0.15) is 17.5 Å². The highest BCUT2D eigenvalue weighted by Crippen LogP contribution is 2.42. The molecule has 22 heavy (non-hydrogen) atoms. The first-order valence-electron chi connectivity index (χ1n) is 6.68. The molecule has 0 saturated carbocycles. The molecule has 3 N–H and O–H groups in total. The molecule has 0 bridgehead atoms. The second-order valence-electron chi connectivity index (χ2n) is 5.64. The number of aliphatic imine (C=N–C) groups is 1. The van der Waals surface area contributed by atoms with Crippen molar-refractivity contribution in [3.63, 3.8) is 0 Å². The minimum atomic E-state index is -0.925. The molecule has 1 heterocycles. The van der Waals surface area contributed by atoms with Crippen molar-refractivity contribution in [1.82, 2.24) is 4.90 Å². The van der Waals surface area contributed by atoms with Crippen molar-refractivity contribution in [2.45, 2.75) is 31.6 Å². The highest BCUT2D eigenvalue weighted by atomic mass is 16.5. The van der Waals surface area contributed by atoms with Crippen molar-refractivity contribution in [2.24, 2.45) is 10.7 Å². The highest BCUT2D eigenvalue weighted by Gasteiger charge is 2.45. The molecular weight excluding hydrogens is 282 g/mol. The average Bonchev–Trinajstić information content (AvgIpc) is 2.47. The summed E-state index contributed by atoms with van der Waals surface area (Å²) < 4.78 is 5.82. The second kappa shape index (κ2) is 5.55. The number of benzene rings is 1. The van der Waals surface area contributed by atoms with Gasteiger partial charge in [0.25, 0.3) is 0 Å². The van der Waals surface area contributed by atoms with Crippen LogP contribution in [0.15, 0.2) is 23.2 Å². The van der Waals surface area contributed by atoms with Crippen LogP contribution in [0.1, 0.15) is 31.0 Å². The standard InChI is InChI=1S/C15H17N5O2/c1-15(2)13(21)12(20(3)14(18)19-8-17)10-6-9(7-16)4-5-11(10)22-15/h4-6,12-13,21H,1-3H3,(H2,18,19). The van der Waals surface area contributed by atoms with Crippen molar-refractivity contribution >= 4 is 5.96 Å². The predicted octanol–water partition coefficient (Wildman–Crippen LogP) is 0.859. The molecule has 1 aliphatic rings. The highest BCUT2D eigenvalue weighted by molar-refractivity contribution is 5.79. The van der Waals surface area contributed by atoms with E-state index >= 15 is 0 Å². The topological polar surface area (TPSA) is 119 Å². The van der Waals surface area contributed by atoms with E-state index in [0.717, 1.165) is 0 Å². The fourth-order valence-corrected chi connectivity index (χ4v) is 2.53. The summed E-state index contributed by atoms with van der Waals surface area (Å²) in [5.41, 5.74) is 6.00. The van der Waals surface area contributed by atoms with Crippen molar-refractivity contribution in [1.29, 1.82) is 10.5 Å². The third kappa shape index (κ3) is 2.54. The van der Waals surface area contributed by atoms with E-state index in [0.29, 0.717) is 16.9 Å². The van der Waals surface area contributed by atoms with Crippen LogP contribution < -0.4 is 10.5 Å². The lowest BCUT2D eigenvalue weighted by atomic mass is 9.85. The Morgan fingerprint density at radius 1 is 1.45 bits per heavy atom. The van der Waals surface area contributed by atoms with Gasteiger partial charge < -0.3 is 20.5 Å². The van der Waals surface area contributed by atoms with Gasteiger partial charge in [-0.15, -0.1) is 4.99 Å². The number of hydrogen-bond donors (Lipinski definition) is 2. The molecule has 114 valence electrons. The molecule has 1 aromatic carbocycles. The maximum Gasteiger partial charge on any atom is 0.209 e. The van der Waals surface area contributed by atoms with E-state index in [4.69, 9.17) is 21.0 Å². The zero-order valence-corrected chi connectivity index (χ0v) is 12.6. The van der Waals surface area contributed by atoms with Crippen LogP contribution >= 0.6 is 0 Å². The number of ether oxygens (including phenoxy) is 1. The van der Waals surface area contributed by atoms with Gasteiger partial charge in [0.05, 0.1) is 17.7 Å². The number of nitrogens with two attached hydrogens (primary N) is 1. The minimum absolute atomic E-state index is 0.0161. The van der Waals surface area contributed by atoms with Crippen LogP contribution in [0.5, 0.6) is 5.75 Å². The summed E-state index contributed by atoms with van der Waals surface area (Å²) in [7, 11) is 1.63. The monoisotopic (exact) mass is 299 g/mol. The van der Waals surface area contributed by atoms with E-state index in [-0.39, 0.29) is 5.96 Å². The summed E-state index contributed by atoms with van der Waals surface area (Å²) in [6, 6.07) is 6.47. The van der Waals surface area contributed by atoms with E-state index in [1.54, 1.807) is 45.3 Å². The number of aliphatic hydroxyl groups is 1. The zero-order valence-electron chi connectivity index (χ0n) is 12.6. The molecule has 2 atom stereocenters. The Labute approximate surface area is 128 Å². The molecule has 0 aliphatic carbocycles. The summed E-state index contributed by atoms with van der Waals surface area (Å²) in [5, 5.41) is 28.4. The molecule has 1 aromatic rings. The fourth-order valence-electron chi connectivity index (χ4n) is 2.53. The number of guanidine groups is 1. The normalized spacial score (nSPS) is 22.7. The predicted molar refractivity (Wildman–Crippen MR) is 79.6 cm³/mol. The molecule has 0 aromatic heterocycles. The van der Waals surface area contributed by atoms with Crippen LogP contribution in [0, 0.1) is 22.8 Å². The average molecular weight is 299 g/mol. The molecule has 0 amide bonds. The fraction of sp³-hybridized carbons (Fsp3) is 0.400. The van der Waals surface area contributed by atoms with Gasteiger partial charge in [-0.1, -0.05) is 0 Å². The van der Waals surface area contributed by atoms with Gasteiger partial charge in [-0.2, -0.15) is 10.5 Å². The first-order valence-corrected chi connectivity index (χ1v) is 6.68. The summed E-state index contributed by atoms with van der Waals surface area (Å²) in [5.74, 6) is 0.550. The van der Waals surface area contributed by atoms with Gasteiger partial charge in [0.2, 0.25) is 12.2 Å². The maximum absolute atomic E-state index is 10.7. The Kier molecular flexibility index (Phi) is 3.94. The van der Waals surface area contributed by atoms with Crippen molar-refractivity contribution in [3.8, 4) is 18.0 Å². The van der Waals surface area contributed by atoms with Crippen LogP contribution in [0.4, 0.5) is 0 Å². The van der Waals surface area contributed by atoms with E-state index in [9.17, 15) is 5.11 Å². The molecule has 1 aliphatic heterocycles. The Morgan fingerprint density at radius 3 is 2.73 bits per heavy atom. The molecular formula is C15H17N5O2. The number of aliphatic hydroxyl groups excluding tert-OH is 1. The number of nitriles is 2. The smallest absolute Gasteiger partial charge is 0.209 e. The van der Waals surface area contributed by atoms with Gasteiger partial charge in [-0.25, -0.2) is 0 Å². The molecule has 0 saturated heterocycles. The van der Waals surface area contributed by atoms with Crippen LogP contribution in [0.25, 0.3) is 0 Å². The maximum atomic E-state index is 10.7. The third-order valence-corrected chi connectivity index (χ3v) is 3.79. The number of rotatable bonds is 1. The van der Waals surface area contributed by atoms with Gasteiger partial charge in [0.15, 0.2) is 0 Å². The molecule has 7 nitrogen and oxygen atoms in total. The Balaban J connectivity index is 2.59. The Morgan fingerprint density at radius 2 is 2.14 bits per heavy atom. The van der Waals surface area contributed by atoms with E-state index < -0.39 is 17.7 Å². The number of likely N-dealkylation sites (N-methyl/N-ethyl adjacent to an activating group) is 1. The van der Waals surface area contributed by atoms with Crippen molar-refractivity contribution < 1.29 is 9.84 Å². The molecule has 2 rings (SSSR count). The molecule has 7 heteroatoms. The van der Waals surface area contributed by atoms with Crippen LogP contribution in [0.2, 0.25) is 0 Å². The van der Waals surface area contributed by atoms with Gasteiger partial charge in [-0.3, -0.25) is 0 Å². The molecule has 0 radical (unpaired) electrons. The SMILES string of the molecule is CN(/C(N)=N\C#N)C1c2cc(C#N)ccc2OC(C)(C)C1O. The lowest BCUT2D eigenvalue weighted by Gasteiger charge is -2.45. The van der Waals surface area contributed by atoms with Crippen LogP contribution in [-0.2, 0) is 0 Å². The summed E-state index contributed by atoms with van der Waals surface area (Å²) >= 11 is 0. The number of hydrogen-bond acceptors (Lipinski definition) is 5. The lowest BCUT2D eigenvalue weighted by molar-refractivity contribution is -0.0786. The van der Waals surface area contributed by atoms with Gasteiger partial charge >= 0.3 is 0 Å². The number of nitrogens with zero attached hydrogens (tertiary/aromatic N) is 4. The quantitative estimate of drug-likeness (QED) is 0.451. The van der Waals surface area contributed by atoms with E-state index in [1.165, 1.54) is 4.90 Å². The first kappa shape index (κ1) is 15.6. The third-order valence-electron chi connectivity index (χ3n) is 3.79. The largest absolute Gasteiger partial charge is 0.485 e. The Bertz CT molecular complexity index is 699. The number of fused-ring (bicyclic) bond motifs is 1. The van der Waals surface area contributed by atoms with Crippen molar-refractivity contribution in [2.75, 3.05) is 7.05 Å². The van der Waals surface area contributed by atoms with Crippen LogP contribution in [0.3, 0.4) is 0 Å². The molecule has 0 fully saturated rings. The summed E-state index contributed by atoms with van der Waals surface area (Å²) in [6.45, 7) is 3.52. The molecule has 2 unspecified atom stereocenters.